The van der Waals surface area contributed by atoms with Gasteiger partial charge in [-0.05, 0) is 149 Å². The molecule has 11 rings (SSSR count). The number of nitrogens with zero attached hydrogens (tertiary/aromatic N) is 2. The van der Waals surface area contributed by atoms with E-state index in [1.54, 1.807) is 0 Å². The fourth-order valence-corrected chi connectivity index (χ4v) is 8.72. The second kappa shape index (κ2) is 13.6. The highest BCUT2D eigenvalue weighted by Gasteiger charge is 2.23. The number of hydrogen-bond donors (Lipinski definition) is 0. The Balaban J connectivity index is 1.24. The highest BCUT2D eigenvalue weighted by Crippen LogP contribution is 2.50. The van der Waals surface area contributed by atoms with Crippen molar-refractivity contribution in [1.82, 2.24) is 9.97 Å². The second-order valence-corrected chi connectivity index (χ2v) is 14.5. The van der Waals surface area contributed by atoms with E-state index in [4.69, 9.17) is 4.42 Å². The fraction of sp³-hybridized carbons (Fsp3) is 0. The third-order valence-electron chi connectivity index (χ3n) is 11.3. The Morgan fingerprint density at radius 2 is 0.754 bits per heavy atom. The zero-order valence-corrected chi connectivity index (χ0v) is 30.9. The Hall–Kier alpha value is -7.62. The van der Waals surface area contributed by atoms with E-state index in [1.165, 1.54) is 54.9 Å². The van der Waals surface area contributed by atoms with E-state index in [0.29, 0.717) is 0 Å². The topological polar surface area (TPSA) is 38.9 Å². The lowest BCUT2D eigenvalue weighted by Gasteiger charge is -2.23. The molecule has 0 saturated heterocycles. The molecule has 0 aliphatic heterocycles. The molecule has 0 saturated carbocycles. The Bertz CT molecular complexity index is 3160. The van der Waals surface area contributed by atoms with Gasteiger partial charge in [0, 0.05) is 35.6 Å². The van der Waals surface area contributed by atoms with Crippen molar-refractivity contribution in [3.05, 3.63) is 207 Å². The molecule has 0 radical (unpaired) electrons. The van der Waals surface area contributed by atoms with Gasteiger partial charge in [-0.3, -0.25) is 9.97 Å². The van der Waals surface area contributed by atoms with Crippen LogP contribution in [0.2, 0.25) is 0 Å². The molecule has 0 amide bonds. The van der Waals surface area contributed by atoms with Crippen LogP contribution in [0.25, 0.3) is 110 Å². The van der Waals surface area contributed by atoms with Crippen LogP contribution in [0.5, 0.6) is 0 Å². The Labute approximate surface area is 330 Å². The van der Waals surface area contributed by atoms with Crippen LogP contribution >= 0.6 is 0 Å². The smallest absolute Gasteiger partial charge is 0.135 e. The van der Waals surface area contributed by atoms with Gasteiger partial charge >= 0.3 is 0 Å². The van der Waals surface area contributed by atoms with Crippen molar-refractivity contribution in [3.63, 3.8) is 0 Å². The molecule has 3 heteroatoms. The molecule has 0 unspecified atom stereocenters. The van der Waals surface area contributed by atoms with Crippen LogP contribution in [0.4, 0.5) is 0 Å². The van der Waals surface area contributed by atoms with Crippen LogP contribution in [0, 0.1) is 0 Å². The van der Waals surface area contributed by atoms with Crippen molar-refractivity contribution in [2.24, 2.45) is 0 Å². The van der Waals surface area contributed by atoms with Gasteiger partial charge in [0.1, 0.15) is 11.2 Å². The Morgan fingerprint density at radius 3 is 1.37 bits per heavy atom. The predicted molar refractivity (Wildman–Crippen MR) is 237 cm³/mol. The van der Waals surface area contributed by atoms with Crippen molar-refractivity contribution in [1.29, 1.82) is 0 Å². The summed E-state index contributed by atoms with van der Waals surface area (Å²) in [5, 5.41) is 7.03. The van der Waals surface area contributed by atoms with E-state index in [0.717, 1.165) is 55.3 Å². The van der Waals surface area contributed by atoms with Gasteiger partial charge in [0.15, 0.2) is 0 Å². The normalized spacial score (nSPS) is 11.5. The molecule has 0 aliphatic rings. The van der Waals surface area contributed by atoms with E-state index >= 15 is 0 Å². The lowest BCUT2D eigenvalue weighted by Crippen LogP contribution is -1.96. The van der Waals surface area contributed by atoms with Crippen LogP contribution in [-0.4, -0.2) is 9.97 Å². The van der Waals surface area contributed by atoms with Gasteiger partial charge in [-0.15, -0.1) is 0 Å². The quantitative estimate of drug-likeness (QED) is 0.160. The molecule has 0 aliphatic carbocycles. The monoisotopic (exact) mass is 726 g/mol. The molecule has 0 bridgehead atoms. The summed E-state index contributed by atoms with van der Waals surface area (Å²) in [6.07, 6.45) is 7.45. The zero-order chi connectivity index (χ0) is 37.7. The summed E-state index contributed by atoms with van der Waals surface area (Å²) in [4.78, 5) is 8.65. The molecule has 0 atom stereocenters. The van der Waals surface area contributed by atoms with Crippen molar-refractivity contribution >= 4 is 43.5 Å². The van der Waals surface area contributed by atoms with Crippen LogP contribution in [0.15, 0.2) is 211 Å². The summed E-state index contributed by atoms with van der Waals surface area (Å²) in [7, 11) is 0. The first-order chi connectivity index (χ1) is 28.3. The number of rotatable bonds is 6. The fourth-order valence-electron chi connectivity index (χ4n) is 8.72. The minimum absolute atomic E-state index is 0.890. The van der Waals surface area contributed by atoms with Crippen LogP contribution < -0.4 is 0 Å². The number of furan rings is 1. The molecule has 266 valence electrons. The summed E-state index contributed by atoms with van der Waals surface area (Å²) in [5.74, 6) is 0. The lowest BCUT2D eigenvalue weighted by atomic mass is 9.80. The largest absolute Gasteiger partial charge is 0.456 e. The number of fused-ring (bicyclic) bond motifs is 5. The third-order valence-corrected chi connectivity index (χ3v) is 11.3. The molecular formula is C54H34N2O. The first-order valence-corrected chi connectivity index (χ1v) is 19.3. The van der Waals surface area contributed by atoms with Gasteiger partial charge in [-0.1, -0.05) is 121 Å². The summed E-state index contributed by atoms with van der Waals surface area (Å²) in [6, 6.07) is 65.6. The van der Waals surface area contributed by atoms with Crippen molar-refractivity contribution in [3.8, 4) is 66.8 Å². The van der Waals surface area contributed by atoms with Gasteiger partial charge < -0.3 is 4.42 Å². The standard InChI is InChI=1S/C54H34N2O/c1-2-11-37(12-3-1)42-18-10-19-43(38-21-22-51-49(34-38)44-13-8-9-20-50(44)57-51)53(42)54-47-16-6-4-14-45(47)52(46-15-5-7-17-48(46)54)41-32-39(35-23-27-55-28-24-35)31-40(33-41)36-25-29-56-30-26-36/h1-34H. The van der Waals surface area contributed by atoms with Gasteiger partial charge in [-0.25, -0.2) is 0 Å². The number of benzene rings is 8. The summed E-state index contributed by atoms with van der Waals surface area (Å²) < 4.78 is 6.29. The number of hydrogen-bond acceptors (Lipinski definition) is 3. The van der Waals surface area contributed by atoms with Gasteiger partial charge in [0.05, 0.1) is 0 Å². The minimum Gasteiger partial charge on any atom is -0.456 e. The van der Waals surface area contributed by atoms with Gasteiger partial charge in [-0.2, -0.15) is 0 Å². The maximum absolute atomic E-state index is 6.29. The SMILES string of the molecule is c1ccc(-c2cccc(-c3ccc4oc5ccccc5c4c3)c2-c2c3ccccc3c(-c3cc(-c4ccncc4)cc(-c4ccncc4)c3)c3ccccc23)cc1. The summed E-state index contributed by atoms with van der Waals surface area (Å²) >= 11 is 0. The average molecular weight is 727 g/mol. The molecule has 11 aromatic rings. The number of aromatic nitrogens is 2. The van der Waals surface area contributed by atoms with Crippen LogP contribution in [-0.2, 0) is 0 Å². The number of pyridine rings is 2. The van der Waals surface area contributed by atoms with Crippen LogP contribution in [0.3, 0.4) is 0 Å². The number of para-hydroxylation sites is 1. The highest BCUT2D eigenvalue weighted by molar-refractivity contribution is 6.24. The molecule has 3 heterocycles. The third kappa shape index (κ3) is 5.60. The van der Waals surface area contributed by atoms with Crippen molar-refractivity contribution in [2.75, 3.05) is 0 Å². The summed E-state index contributed by atoms with van der Waals surface area (Å²) in [5.41, 5.74) is 15.8. The molecule has 3 nitrogen and oxygen atoms in total. The van der Waals surface area contributed by atoms with Crippen molar-refractivity contribution in [2.45, 2.75) is 0 Å². The Morgan fingerprint density at radius 1 is 0.263 bits per heavy atom. The summed E-state index contributed by atoms with van der Waals surface area (Å²) in [6.45, 7) is 0. The van der Waals surface area contributed by atoms with E-state index in [1.807, 2.05) is 36.9 Å². The molecule has 0 fully saturated rings. The molecule has 8 aromatic carbocycles. The van der Waals surface area contributed by atoms with Gasteiger partial charge in [0.2, 0.25) is 0 Å². The zero-order valence-electron chi connectivity index (χ0n) is 30.9. The molecular weight excluding hydrogens is 693 g/mol. The first kappa shape index (κ1) is 32.8. The van der Waals surface area contributed by atoms with E-state index in [2.05, 4.69) is 180 Å². The van der Waals surface area contributed by atoms with Crippen LogP contribution in [0.1, 0.15) is 0 Å². The van der Waals surface area contributed by atoms with E-state index in [9.17, 15) is 0 Å². The maximum atomic E-state index is 6.29. The average Bonchev–Trinajstić information content (AvgIpc) is 3.67. The molecule has 57 heavy (non-hydrogen) atoms. The predicted octanol–water partition coefficient (Wildman–Crippen LogP) is 14.7. The molecule has 3 aromatic heterocycles. The van der Waals surface area contributed by atoms with Gasteiger partial charge in [0.25, 0.3) is 0 Å². The first-order valence-electron chi connectivity index (χ1n) is 19.3. The van der Waals surface area contributed by atoms with Crippen molar-refractivity contribution < 1.29 is 4.42 Å². The molecule has 0 spiro atoms. The minimum atomic E-state index is 0.890. The maximum Gasteiger partial charge on any atom is 0.135 e. The molecule has 0 N–H and O–H groups in total. The lowest BCUT2D eigenvalue weighted by molar-refractivity contribution is 0.669. The Kier molecular flexibility index (Phi) is 7.82. The van der Waals surface area contributed by atoms with E-state index in [-0.39, 0.29) is 0 Å². The van der Waals surface area contributed by atoms with E-state index < -0.39 is 0 Å². The second-order valence-electron chi connectivity index (χ2n) is 14.5. The highest BCUT2D eigenvalue weighted by atomic mass is 16.3.